The Balaban J connectivity index is 0.000000300. The predicted octanol–water partition coefficient (Wildman–Crippen LogP) is 6.18. The number of carbonyl (C=O) groups is 3. The van der Waals surface area contributed by atoms with Gasteiger partial charge in [0, 0.05) is 38.8 Å². The molecule has 3 amide bonds. The average molecular weight is 584 g/mol. The average Bonchev–Trinajstić information content (AvgIpc) is 3.28. The lowest BCUT2D eigenvalue weighted by atomic mass is 9.91. The van der Waals surface area contributed by atoms with Crippen molar-refractivity contribution in [3.63, 3.8) is 0 Å². The Morgan fingerprint density at radius 1 is 0.625 bits per heavy atom. The molecule has 0 radical (unpaired) electrons. The molecule has 11 heteroatoms. The monoisotopic (exact) mass is 583 g/mol. The number of carbonyl (C=O) groups excluding carboxylic acids is 3. The second kappa shape index (κ2) is 13.4. The van der Waals surface area contributed by atoms with Crippen LogP contribution in [0.1, 0.15) is 94.4 Å². The minimum absolute atomic E-state index is 0.00544. The third-order valence-electron chi connectivity index (χ3n) is 6.25. The summed E-state index contributed by atoms with van der Waals surface area (Å²) >= 11 is 0. The lowest BCUT2D eigenvalue weighted by Gasteiger charge is -2.39. The standard InChI is InChI=1S/C10H17F2NO.C10H18FNO.C9H15F2NO/c1-9(2,3)6-8(14)13-5-4-10(11,12)7-13;1-10(2,3)6-9(13)12-5-4-8(11)7-12;1-8(2,3)4-7(13)12-5-9(10,11)6-12/h4-7H2,1-3H3;8H,4-7H2,1-3H3;4-6H2,1-3H3. The van der Waals surface area contributed by atoms with Gasteiger partial charge in [-0.1, -0.05) is 62.3 Å². The van der Waals surface area contributed by atoms with Crippen LogP contribution in [0.3, 0.4) is 0 Å². The molecule has 0 saturated carbocycles. The zero-order chi connectivity index (χ0) is 31.3. The third kappa shape index (κ3) is 14.6. The molecule has 3 fully saturated rings. The number of likely N-dealkylation sites (tertiary alicyclic amines) is 3. The van der Waals surface area contributed by atoms with Crippen LogP contribution < -0.4 is 0 Å². The summed E-state index contributed by atoms with van der Waals surface area (Å²) in [6, 6.07) is 0. The number of nitrogens with zero attached hydrogens (tertiary/aromatic N) is 3. The van der Waals surface area contributed by atoms with E-state index in [1.165, 1.54) is 9.80 Å². The van der Waals surface area contributed by atoms with Crippen LogP contribution in [0.2, 0.25) is 0 Å². The number of hydrogen-bond acceptors (Lipinski definition) is 3. The van der Waals surface area contributed by atoms with E-state index in [2.05, 4.69) is 0 Å². The molecule has 3 aliphatic rings. The summed E-state index contributed by atoms with van der Waals surface area (Å²) in [7, 11) is 0. The van der Waals surface area contributed by atoms with Crippen LogP contribution in [0.4, 0.5) is 22.0 Å². The SMILES string of the molecule is CC(C)(C)CC(=O)N1CC(F)(F)C1.CC(C)(C)CC(=O)N1CCC(F)(F)C1.CC(C)(C)CC(=O)N1CCC(F)C1. The summed E-state index contributed by atoms with van der Waals surface area (Å²) in [5, 5.41) is 0. The second-order valence-electron chi connectivity index (χ2n) is 15.0. The van der Waals surface area contributed by atoms with Crippen molar-refractivity contribution in [3.8, 4) is 0 Å². The van der Waals surface area contributed by atoms with E-state index in [1.807, 2.05) is 62.3 Å². The molecule has 0 aromatic heterocycles. The molecule has 0 bridgehead atoms. The van der Waals surface area contributed by atoms with Crippen LogP contribution >= 0.6 is 0 Å². The van der Waals surface area contributed by atoms with Gasteiger partial charge < -0.3 is 14.7 Å². The van der Waals surface area contributed by atoms with Gasteiger partial charge in [-0.15, -0.1) is 0 Å². The molecule has 3 rings (SSSR count). The summed E-state index contributed by atoms with van der Waals surface area (Å²) in [6.07, 6.45) is 0.703. The largest absolute Gasteiger partial charge is 0.340 e. The Morgan fingerprint density at radius 2 is 1.00 bits per heavy atom. The molecule has 3 aliphatic heterocycles. The van der Waals surface area contributed by atoms with Crippen LogP contribution in [0.15, 0.2) is 0 Å². The zero-order valence-electron chi connectivity index (χ0n) is 25.8. The van der Waals surface area contributed by atoms with Crippen LogP contribution in [0.5, 0.6) is 0 Å². The summed E-state index contributed by atoms with van der Waals surface area (Å²) in [6.45, 7) is 17.5. The van der Waals surface area contributed by atoms with Gasteiger partial charge in [-0.25, -0.2) is 22.0 Å². The van der Waals surface area contributed by atoms with Crippen molar-refractivity contribution in [1.82, 2.24) is 14.7 Å². The maximum absolute atomic E-state index is 12.8. The van der Waals surface area contributed by atoms with E-state index in [-0.39, 0.29) is 46.9 Å². The van der Waals surface area contributed by atoms with Gasteiger partial charge in [0.2, 0.25) is 17.7 Å². The quantitative estimate of drug-likeness (QED) is 0.373. The molecule has 0 aliphatic carbocycles. The zero-order valence-corrected chi connectivity index (χ0v) is 25.8. The third-order valence-corrected chi connectivity index (χ3v) is 6.25. The van der Waals surface area contributed by atoms with Crippen LogP contribution in [-0.4, -0.2) is 89.7 Å². The predicted molar refractivity (Wildman–Crippen MR) is 146 cm³/mol. The first-order valence-corrected chi connectivity index (χ1v) is 14.0. The fourth-order valence-corrected chi connectivity index (χ4v) is 4.28. The van der Waals surface area contributed by atoms with Gasteiger partial charge >= 0.3 is 0 Å². The van der Waals surface area contributed by atoms with E-state index in [0.717, 1.165) is 0 Å². The van der Waals surface area contributed by atoms with Gasteiger partial charge in [0.05, 0.1) is 26.2 Å². The Morgan fingerprint density at radius 3 is 1.30 bits per heavy atom. The van der Waals surface area contributed by atoms with Gasteiger partial charge in [0.25, 0.3) is 11.8 Å². The van der Waals surface area contributed by atoms with Crippen molar-refractivity contribution in [3.05, 3.63) is 0 Å². The van der Waals surface area contributed by atoms with Crippen molar-refractivity contribution >= 4 is 17.7 Å². The lowest BCUT2D eigenvalue weighted by Crippen LogP contribution is -2.58. The van der Waals surface area contributed by atoms with Gasteiger partial charge in [-0.2, -0.15) is 0 Å². The van der Waals surface area contributed by atoms with Crippen molar-refractivity contribution < 1.29 is 36.3 Å². The fourth-order valence-electron chi connectivity index (χ4n) is 4.28. The van der Waals surface area contributed by atoms with Crippen molar-refractivity contribution in [2.75, 3.05) is 39.3 Å². The molecule has 40 heavy (non-hydrogen) atoms. The van der Waals surface area contributed by atoms with Gasteiger partial charge in [0.15, 0.2) is 0 Å². The molecule has 3 heterocycles. The number of hydrogen-bond donors (Lipinski definition) is 0. The van der Waals surface area contributed by atoms with Crippen molar-refractivity contribution in [2.45, 2.75) is 112 Å². The first kappa shape index (κ1) is 36.1. The number of amides is 3. The highest BCUT2D eigenvalue weighted by atomic mass is 19.3. The highest BCUT2D eigenvalue weighted by Gasteiger charge is 2.46. The van der Waals surface area contributed by atoms with Gasteiger partial charge in [0.1, 0.15) is 6.17 Å². The van der Waals surface area contributed by atoms with E-state index in [1.54, 1.807) is 4.90 Å². The lowest BCUT2D eigenvalue weighted by molar-refractivity contribution is -0.167. The molecule has 6 nitrogen and oxygen atoms in total. The molecular weight excluding hydrogens is 533 g/mol. The van der Waals surface area contributed by atoms with E-state index in [4.69, 9.17) is 0 Å². The van der Waals surface area contributed by atoms with E-state index in [0.29, 0.717) is 38.8 Å². The Bertz CT molecular complexity index is 868. The molecule has 1 atom stereocenters. The van der Waals surface area contributed by atoms with Gasteiger partial charge in [-0.3, -0.25) is 14.4 Å². The summed E-state index contributed by atoms with van der Waals surface area (Å²) in [4.78, 5) is 38.5. The normalized spacial score (nSPS) is 22.1. The molecule has 0 aromatic carbocycles. The molecule has 0 spiro atoms. The summed E-state index contributed by atoms with van der Waals surface area (Å²) < 4.78 is 63.1. The molecule has 1 unspecified atom stereocenters. The first-order chi connectivity index (χ1) is 17.8. The van der Waals surface area contributed by atoms with E-state index in [9.17, 15) is 36.3 Å². The fraction of sp³-hybridized carbons (Fsp3) is 0.897. The summed E-state index contributed by atoms with van der Waals surface area (Å²) in [5.41, 5.74) is -0.248. The van der Waals surface area contributed by atoms with Crippen LogP contribution in [0.25, 0.3) is 0 Å². The first-order valence-electron chi connectivity index (χ1n) is 14.0. The highest BCUT2D eigenvalue weighted by molar-refractivity contribution is 5.78. The van der Waals surface area contributed by atoms with E-state index >= 15 is 0 Å². The van der Waals surface area contributed by atoms with Crippen LogP contribution in [-0.2, 0) is 14.4 Å². The summed E-state index contributed by atoms with van der Waals surface area (Å²) in [5.74, 6) is -5.55. The maximum atomic E-state index is 12.8. The molecule has 234 valence electrons. The Labute approximate surface area is 237 Å². The minimum atomic E-state index is -2.67. The molecule has 3 saturated heterocycles. The maximum Gasteiger partial charge on any atom is 0.282 e. The molecular formula is C29H50F5N3O3. The minimum Gasteiger partial charge on any atom is -0.340 e. The second-order valence-corrected chi connectivity index (χ2v) is 15.0. The number of halogens is 5. The molecule has 0 aromatic rings. The van der Waals surface area contributed by atoms with E-state index < -0.39 is 37.7 Å². The highest BCUT2D eigenvalue weighted by Crippen LogP contribution is 2.30. The van der Waals surface area contributed by atoms with Gasteiger partial charge in [-0.05, 0) is 22.7 Å². The topological polar surface area (TPSA) is 60.9 Å². The van der Waals surface area contributed by atoms with Crippen molar-refractivity contribution in [2.24, 2.45) is 16.2 Å². The molecule has 0 N–H and O–H groups in total. The number of alkyl halides is 5. The smallest absolute Gasteiger partial charge is 0.282 e. The van der Waals surface area contributed by atoms with Crippen molar-refractivity contribution in [1.29, 1.82) is 0 Å². The Hall–Kier alpha value is -1.94. The number of rotatable bonds is 3. The Kier molecular flexibility index (Phi) is 12.1. The van der Waals surface area contributed by atoms with Crippen LogP contribution in [0, 0.1) is 16.2 Å².